The van der Waals surface area contributed by atoms with Gasteiger partial charge < -0.3 is 4.90 Å². The predicted molar refractivity (Wildman–Crippen MR) is 68.4 cm³/mol. The number of non-ortho nitro benzene ring substituents is 1. The van der Waals surface area contributed by atoms with E-state index in [9.17, 15) is 10.1 Å². The summed E-state index contributed by atoms with van der Waals surface area (Å²) in [5.74, 6) is 0.796. The van der Waals surface area contributed by atoms with Gasteiger partial charge in [-0.3, -0.25) is 10.1 Å². The molecule has 1 aromatic carbocycles. The van der Waals surface area contributed by atoms with Crippen molar-refractivity contribution in [3.63, 3.8) is 0 Å². The summed E-state index contributed by atoms with van der Waals surface area (Å²) in [6, 6.07) is 5.14. The van der Waals surface area contributed by atoms with E-state index in [1.165, 1.54) is 12.8 Å². The molecule has 0 N–H and O–H groups in total. The van der Waals surface area contributed by atoms with E-state index >= 15 is 0 Å². The summed E-state index contributed by atoms with van der Waals surface area (Å²) in [5.41, 5.74) is 2.31. The number of piperidine rings is 1. The van der Waals surface area contributed by atoms with Crippen LogP contribution in [0.15, 0.2) is 18.2 Å². The molecule has 0 aromatic heterocycles. The summed E-state index contributed by atoms with van der Waals surface area (Å²) < 4.78 is 0. The van der Waals surface area contributed by atoms with Crippen molar-refractivity contribution in [3.8, 4) is 0 Å². The topological polar surface area (TPSA) is 46.4 Å². The van der Waals surface area contributed by atoms with E-state index in [2.05, 4.69) is 11.8 Å². The monoisotopic (exact) mass is 234 g/mol. The molecule has 4 nitrogen and oxygen atoms in total. The smallest absolute Gasteiger partial charge is 0.269 e. The van der Waals surface area contributed by atoms with Crippen molar-refractivity contribution in [2.24, 2.45) is 5.92 Å². The predicted octanol–water partition coefficient (Wildman–Crippen LogP) is 3.14. The van der Waals surface area contributed by atoms with Gasteiger partial charge in [0.1, 0.15) is 0 Å². The minimum atomic E-state index is -0.338. The maximum atomic E-state index is 10.7. The third-order valence-corrected chi connectivity index (χ3v) is 3.52. The lowest BCUT2D eigenvalue weighted by atomic mass is 9.98. The number of nitro groups is 1. The largest absolute Gasteiger partial charge is 0.371 e. The van der Waals surface area contributed by atoms with Crippen LogP contribution in [-0.2, 0) is 0 Å². The Kier molecular flexibility index (Phi) is 3.31. The second-order valence-electron chi connectivity index (χ2n) is 4.90. The van der Waals surface area contributed by atoms with Gasteiger partial charge in [-0.2, -0.15) is 0 Å². The summed E-state index contributed by atoms with van der Waals surface area (Å²) in [4.78, 5) is 12.7. The van der Waals surface area contributed by atoms with Crippen LogP contribution in [0.3, 0.4) is 0 Å². The zero-order valence-electron chi connectivity index (χ0n) is 10.3. The Bertz CT molecular complexity index is 423. The molecule has 17 heavy (non-hydrogen) atoms. The molecule has 92 valence electrons. The van der Waals surface area contributed by atoms with Crippen LogP contribution >= 0.6 is 0 Å². The van der Waals surface area contributed by atoms with Gasteiger partial charge in [0.2, 0.25) is 0 Å². The highest BCUT2D eigenvalue weighted by Gasteiger charge is 2.18. The molecule has 2 rings (SSSR count). The number of hydrogen-bond donors (Lipinski definition) is 0. The van der Waals surface area contributed by atoms with Gasteiger partial charge in [-0.1, -0.05) is 6.92 Å². The minimum Gasteiger partial charge on any atom is -0.371 e. The number of hydrogen-bond acceptors (Lipinski definition) is 3. The van der Waals surface area contributed by atoms with Gasteiger partial charge in [0.25, 0.3) is 5.69 Å². The van der Waals surface area contributed by atoms with E-state index in [1.807, 2.05) is 13.0 Å². The molecular formula is C13H18N2O2. The van der Waals surface area contributed by atoms with Crippen molar-refractivity contribution < 1.29 is 4.92 Å². The molecule has 0 saturated carbocycles. The molecule has 0 atom stereocenters. The molecule has 1 aliphatic heterocycles. The molecule has 0 unspecified atom stereocenters. The van der Waals surface area contributed by atoms with Crippen LogP contribution in [0.2, 0.25) is 0 Å². The fourth-order valence-electron chi connectivity index (χ4n) is 2.36. The molecule has 0 amide bonds. The molecule has 0 aliphatic carbocycles. The highest BCUT2D eigenvalue weighted by Crippen LogP contribution is 2.28. The number of nitro benzene ring substituents is 1. The fraction of sp³-hybridized carbons (Fsp3) is 0.538. The van der Waals surface area contributed by atoms with Crippen molar-refractivity contribution in [1.82, 2.24) is 0 Å². The quantitative estimate of drug-likeness (QED) is 0.583. The maximum Gasteiger partial charge on any atom is 0.269 e. The van der Waals surface area contributed by atoms with Crippen LogP contribution < -0.4 is 4.90 Å². The normalized spacial score (nSPS) is 17.2. The van der Waals surface area contributed by atoms with Gasteiger partial charge in [-0.15, -0.1) is 0 Å². The summed E-state index contributed by atoms with van der Waals surface area (Å²) in [5, 5.41) is 10.7. The summed E-state index contributed by atoms with van der Waals surface area (Å²) in [6.07, 6.45) is 2.41. The number of nitrogens with zero attached hydrogens (tertiary/aromatic N) is 2. The summed E-state index contributed by atoms with van der Waals surface area (Å²) in [6.45, 7) is 6.33. The van der Waals surface area contributed by atoms with E-state index in [0.717, 1.165) is 30.3 Å². The number of benzene rings is 1. The molecule has 1 fully saturated rings. The lowest BCUT2D eigenvalue weighted by Crippen LogP contribution is -2.33. The van der Waals surface area contributed by atoms with Gasteiger partial charge in [0.15, 0.2) is 0 Å². The fourth-order valence-corrected chi connectivity index (χ4v) is 2.36. The first-order valence-electron chi connectivity index (χ1n) is 6.08. The van der Waals surface area contributed by atoms with Gasteiger partial charge in [0.05, 0.1) is 4.92 Å². The van der Waals surface area contributed by atoms with Crippen molar-refractivity contribution in [1.29, 1.82) is 0 Å². The highest BCUT2D eigenvalue weighted by atomic mass is 16.6. The standard InChI is InChI=1S/C13H18N2O2/c1-10-5-7-14(8-6-10)13-4-3-12(15(16)17)9-11(13)2/h3-4,9-10H,5-8H2,1-2H3. The Morgan fingerprint density at radius 2 is 2.00 bits per heavy atom. The van der Waals surface area contributed by atoms with Gasteiger partial charge in [-0.25, -0.2) is 0 Å². The molecule has 4 heteroatoms. The summed E-state index contributed by atoms with van der Waals surface area (Å²) in [7, 11) is 0. The van der Waals surface area contributed by atoms with E-state index in [0.29, 0.717) is 0 Å². The van der Waals surface area contributed by atoms with E-state index < -0.39 is 0 Å². The van der Waals surface area contributed by atoms with Crippen LogP contribution in [-0.4, -0.2) is 18.0 Å². The van der Waals surface area contributed by atoms with E-state index in [1.54, 1.807) is 12.1 Å². The Hall–Kier alpha value is -1.58. The average molecular weight is 234 g/mol. The number of aryl methyl sites for hydroxylation is 1. The van der Waals surface area contributed by atoms with Crippen LogP contribution in [0.1, 0.15) is 25.3 Å². The van der Waals surface area contributed by atoms with Gasteiger partial charge in [0, 0.05) is 30.9 Å². The van der Waals surface area contributed by atoms with Crippen LogP contribution in [0.25, 0.3) is 0 Å². The SMILES string of the molecule is Cc1cc([N+](=O)[O-])ccc1N1CCC(C)CC1. The minimum absolute atomic E-state index is 0.177. The maximum absolute atomic E-state index is 10.7. The van der Waals surface area contributed by atoms with Crippen LogP contribution in [0, 0.1) is 23.0 Å². The van der Waals surface area contributed by atoms with Crippen LogP contribution in [0.5, 0.6) is 0 Å². The molecule has 0 bridgehead atoms. The van der Waals surface area contributed by atoms with Crippen molar-refractivity contribution in [3.05, 3.63) is 33.9 Å². The zero-order chi connectivity index (χ0) is 12.4. The first-order valence-corrected chi connectivity index (χ1v) is 6.08. The van der Waals surface area contributed by atoms with Crippen LogP contribution in [0.4, 0.5) is 11.4 Å². The molecule has 1 saturated heterocycles. The van der Waals surface area contributed by atoms with Gasteiger partial charge >= 0.3 is 0 Å². The molecule has 1 aliphatic rings. The molecule has 0 spiro atoms. The third kappa shape index (κ3) is 2.57. The van der Waals surface area contributed by atoms with Gasteiger partial charge in [-0.05, 0) is 37.3 Å². The zero-order valence-corrected chi connectivity index (χ0v) is 10.3. The number of rotatable bonds is 2. The molecule has 1 aromatic rings. The first-order chi connectivity index (χ1) is 8.08. The molecular weight excluding hydrogens is 216 g/mol. The van der Waals surface area contributed by atoms with E-state index in [-0.39, 0.29) is 10.6 Å². The van der Waals surface area contributed by atoms with Crippen molar-refractivity contribution >= 4 is 11.4 Å². The Balaban J connectivity index is 2.19. The number of anilines is 1. The Morgan fingerprint density at radius 3 is 2.53 bits per heavy atom. The second-order valence-corrected chi connectivity index (χ2v) is 4.90. The lowest BCUT2D eigenvalue weighted by Gasteiger charge is -2.33. The second kappa shape index (κ2) is 4.73. The molecule has 0 radical (unpaired) electrons. The van der Waals surface area contributed by atoms with Crippen molar-refractivity contribution in [2.45, 2.75) is 26.7 Å². The Labute approximate surface area is 101 Å². The Morgan fingerprint density at radius 1 is 1.35 bits per heavy atom. The summed E-state index contributed by atoms with van der Waals surface area (Å²) >= 11 is 0. The highest BCUT2D eigenvalue weighted by molar-refractivity contribution is 5.57. The average Bonchev–Trinajstić information content (AvgIpc) is 2.30. The molecule has 1 heterocycles. The van der Waals surface area contributed by atoms with Crippen molar-refractivity contribution in [2.75, 3.05) is 18.0 Å². The first kappa shape index (κ1) is 11.9. The van der Waals surface area contributed by atoms with E-state index in [4.69, 9.17) is 0 Å². The lowest BCUT2D eigenvalue weighted by molar-refractivity contribution is -0.384. The third-order valence-electron chi connectivity index (χ3n) is 3.52.